The van der Waals surface area contributed by atoms with Gasteiger partial charge in [0.25, 0.3) is 11.1 Å². The Kier molecular flexibility index (Phi) is 3.79. The first-order valence-corrected chi connectivity index (χ1v) is 5.70. The number of carboxylic acids is 1. The number of aromatic nitrogens is 2. The average molecular weight is 254 g/mol. The minimum absolute atomic E-state index is 0.175. The molecule has 0 saturated carbocycles. The predicted octanol–water partition coefficient (Wildman–Crippen LogP) is 0.654. The highest BCUT2D eigenvalue weighted by atomic mass is 16.4. The summed E-state index contributed by atoms with van der Waals surface area (Å²) in [4.78, 5) is 34.4. The summed E-state index contributed by atoms with van der Waals surface area (Å²) in [7, 11) is 0. The predicted molar refractivity (Wildman–Crippen MR) is 66.8 cm³/mol. The van der Waals surface area contributed by atoms with Crippen molar-refractivity contribution in [3.8, 4) is 0 Å². The molecule has 1 rings (SSSR count). The summed E-state index contributed by atoms with van der Waals surface area (Å²) in [6, 6.07) is 0. The van der Waals surface area contributed by atoms with Gasteiger partial charge >= 0.3 is 5.97 Å². The number of aromatic amines is 1. The fourth-order valence-corrected chi connectivity index (χ4v) is 1.45. The van der Waals surface area contributed by atoms with Crippen molar-refractivity contribution in [3.63, 3.8) is 0 Å². The lowest BCUT2D eigenvalue weighted by Crippen LogP contribution is -2.35. The van der Waals surface area contributed by atoms with Crippen LogP contribution in [0.4, 0.5) is 0 Å². The van der Waals surface area contributed by atoms with Crippen molar-refractivity contribution in [1.29, 1.82) is 0 Å². The molecule has 0 radical (unpaired) electrons. The maximum Gasteiger partial charge on any atom is 0.309 e. The molecule has 0 unspecified atom stereocenters. The van der Waals surface area contributed by atoms with Crippen LogP contribution in [-0.2, 0) is 11.3 Å². The van der Waals surface area contributed by atoms with E-state index in [0.717, 1.165) is 0 Å². The van der Waals surface area contributed by atoms with Gasteiger partial charge < -0.3 is 5.11 Å². The molecular formula is C12H18N2O4. The SMILES string of the molecule is Cc1c(C)c(=O)n(CCC(C)(C)C(=O)O)[nH]c1=O. The van der Waals surface area contributed by atoms with E-state index in [2.05, 4.69) is 5.10 Å². The number of nitrogens with zero attached hydrogens (tertiary/aromatic N) is 1. The third-order valence-electron chi connectivity index (χ3n) is 3.24. The normalized spacial score (nSPS) is 11.6. The number of hydrogen-bond acceptors (Lipinski definition) is 3. The molecule has 0 aliphatic rings. The molecule has 0 fully saturated rings. The minimum Gasteiger partial charge on any atom is -0.481 e. The summed E-state index contributed by atoms with van der Waals surface area (Å²) < 4.78 is 1.18. The van der Waals surface area contributed by atoms with E-state index in [1.54, 1.807) is 27.7 Å². The molecular weight excluding hydrogens is 236 g/mol. The summed E-state index contributed by atoms with van der Waals surface area (Å²) in [5.74, 6) is -0.929. The Morgan fingerprint density at radius 3 is 2.33 bits per heavy atom. The fourth-order valence-electron chi connectivity index (χ4n) is 1.45. The molecule has 0 amide bonds. The molecule has 0 aliphatic carbocycles. The molecule has 6 nitrogen and oxygen atoms in total. The molecule has 1 aromatic rings. The van der Waals surface area contributed by atoms with Crippen LogP contribution in [0.1, 0.15) is 31.4 Å². The highest BCUT2D eigenvalue weighted by molar-refractivity contribution is 5.73. The summed E-state index contributed by atoms with van der Waals surface area (Å²) in [5, 5.41) is 11.4. The topological polar surface area (TPSA) is 92.2 Å². The van der Waals surface area contributed by atoms with Gasteiger partial charge in [0.05, 0.1) is 5.41 Å². The van der Waals surface area contributed by atoms with E-state index >= 15 is 0 Å². The highest BCUT2D eigenvalue weighted by Gasteiger charge is 2.27. The van der Waals surface area contributed by atoms with Gasteiger partial charge in [-0.3, -0.25) is 19.5 Å². The van der Waals surface area contributed by atoms with Crippen LogP contribution in [0.2, 0.25) is 0 Å². The summed E-state index contributed by atoms with van der Waals surface area (Å²) in [5.41, 5.74) is -0.746. The number of nitrogens with one attached hydrogen (secondary N) is 1. The molecule has 1 heterocycles. The number of aryl methyl sites for hydroxylation is 1. The zero-order valence-corrected chi connectivity index (χ0v) is 11.0. The lowest BCUT2D eigenvalue weighted by Gasteiger charge is -2.19. The minimum atomic E-state index is -0.935. The van der Waals surface area contributed by atoms with Gasteiger partial charge in [-0.05, 0) is 34.1 Å². The maximum atomic E-state index is 11.9. The van der Waals surface area contributed by atoms with Gasteiger partial charge in [0.1, 0.15) is 0 Å². The van der Waals surface area contributed by atoms with Gasteiger partial charge in [0.2, 0.25) is 0 Å². The standard InChI is InChI=1S/C12H18N2O4/c1-7-8(2)10(16)14(13-9(7)15)6-5-12(3,4)11(17)18/h5-6H2,1-4H3,(H,13,15)(H,17,18). The molecule has 0 saturated heterocycles. The first-order valence-electron chi connectivity index (χ1n) is 5.70. The van der Waals surface area contributed by atoms with Crippen molar-refractivity contribution >= 4 is 5.97 Å². The van der Waals surface area contributed by atoms with Gasteiger partial charge in [-0.1, -0.05) is 0 Å². The van der Waals surface area contributed by atoms with Crippen molar-refractivity contribution in [1.82, 2.24) is 9.78 Å². The van der Waals surface area contributed by atoms with E-state index in [4.69, 9.17) is 5.11 Å². The van der Waals surface area contributed by atoms with Gasteiger partial charge in [-0.25, -0.2) is 4.68 Å². The molecule has 18 heavy (non-hydrogen) atoms. The van der Waals surface area contributed by atoms with Gasteiger partial charge in [-0.15, -0.1) is 0 Å². The van der Waals surface area contributed by atoms with E-state index in [-0.39, 0.29) is 24.1 Å². The third kappa shape index (κ3) is 2.69. The Hall–Kier alpha value is -1.85. The Bertz CT molecular complexity index is 581. The number of rotatable bonds is 4. The van der Waals surface area contributed by atoms with E-state index in [9.17, 15) is 14.4 Å². The lowest BCUT2D eigenvalue weighted by atomic mass is 9.90. The third-order valence-corrected chi connectivity index (χ3v) is 3.24. The largest absolute Gasteiger partial charge is 0.481 e. The van der Waals surface area contributed by atoms with Crippen LogP contribution in [-0.4, -0.2) is 20.9 Å². The Labute approximate surface area is 104 Å². The summed E-state index contributed by atoms with van der Waals surface area (Å²) >= 11 is 0. The monoisotopic (exact) mass is 254 g/mol. The summed E-state index contributed by atoms with van der Waals surface area (Å²) in [6.45, 7) is 6.51. The number of carbonyl (C=O) groups is 1. The zero-order chi connectivity index (χ0) is 14.1. The van der Waals surface area contributed by atoms with E-state index in [1.165, 1.54) is 4.68 Å². The van der Waals surface area contributed by atoms with Crippen LogP contribution in [0.3, 0.4) is 0 Å². The molecule has 0 spiro atoms. The molecule has 1 aromatic heterocycles. The van der Waals surface area contributed by atoms with Gasteiger partial charge in [-0.2, -0.15) is 0 Å². The van der Waals surface area contributed by atoms with Crippen LogP contribution < -0.4 is 11.1 Å². The molecule has 0 bridgehead atoms. The molecule has 6 heteroatoms. The van der Waals surface area contributed by atoms with E-state index in [0.29, 0.717) is 11.1 Å². The second-order valence-electron chi connectivity index (χ2n) is 5.09. The van der Waals surface area contributed by atoms with Crippen molar-refractivity contribution in [3.05, 3.63) is 31.8 Å². The second-order valence-corrected chi connectivity index (χ2v) is 5.09. The highest BCUT2D eigenvalue weighted by Crippen LogP contribution is 2.20. The van der Waals surface area contributed by atoms with Crippen LogP contribution >= 0.6 is 0 Å². The number of aliphatic carboxylic acids is 1. The first kappa shape index (κ1) is 14.2. The van der Waals surface area contributed by atoms with Crippen molar-refractivity contribution in [2.24, 2.45) is 5.41 Å². The lowest BCUT2D eigenvalue weighted by molar-refractivity contribution is -0.147. The molecule has 0 aromatic carbocycles. The van der Waals surface area contributed by atoms with E-state index < -0.39 is 11.4 Å². The van der Waals surface area contributed by atoms with Gasteiger partial charge in [0.15, 0.2) is 0 Å². The number of carboxylic acid groups (broad SMARTS) is 1. The Morgan fingerprint density at radius 1 is 1.28 bits per heavy atom. The molecule has 0 atom stereocenters. The van der Waals surface area contributed by atoms with Gasteiger partial charge in [0, 0.05) is 17.7 Å². The second kappa shape index (κ2) is 4.80. The zero-order valence-electron chi connectivity index (χ0n) is 11.0. The Morgan fingerprint density at radius 2 is 1.83 bits per heavy atom. The fraction of sp³-hybridized carbons (Fsp3) is 0.583. The maximum absolute atomic E-state index is 11.9. The molecule has 100 valence electrons. The van der Waals surface area contributed by atoms with Crippen molar-refractivity contribution < 1.29 is 9.90 Å². The van der Waals surface area contributed by atoms with E-state index in [1.807, 2.05) is 0 Å². The quantitative estimate of drug-likeness (QED) is 0.825. The van der Waals surface area contributed by atoms with Crippen LogP contribution in [0.25, 0.3) is 0 Å². The van der Waals surface area contributed by atoms with Crippen LogP contribution in [0.15, 0.2) is 9.59 Å². The smallest absolute Gasteiger partial charge is 0.309 e. The van der Waals surface area contributed by atoms with Crippen LogP contribution in [0.5, 0.6) is 0 Å². The summed E-state index contributed by atoms with van der Waals surface area (Å²) in [6.07, 6.45) is 0.265. The van der Waals surface area contributed by atoms with Crippen LogP contribution in [0, 0.1) is 19.3 Å². The van der Waals surface area contributed by atoms with Crippen molar-refractivity contribution in [2.45, 2.75) is 40.7 Å². The molecule has 0 aliphatic heterocycles. The first-order chi connectivity index (χ1) is 8.16. The number of H-pyrrole nitrogens is 1. The average Bonchev–Trinajstić information content (AvgIpc) is 2.29. The number of hydrogen-bond donors (Lipinski definition) is 2. The molecule has 2 N–H and O–H groups in total. The Balaban J connectivity index is 3.05. The van der Waals surface area contributed by atoms with Crippen molar-refractivity contribution in [2.75, 3.05) is 0 Å².